The highest BCUT2D eigenvalue weighted by molar-refractivity contribution is 7.85. The summed E-state index contributed by atoms with van der Waals surface area (Å²) in [5.41, 5.74) is 1.06. The second kappa shape index (κ2) is 7.20. The Morgan fingerprint density at radius 1 is 1.24 bits per heavy atom. The Hall–Kier alpha value is -1.17. The Morgan fingerprint density at radius 3 is 2.43 bits per heavy atom. The number of hydrogen-bond donors (Lipinski definition) is 2. The summed E-state index contributed by atoms with van der Waals surface area (Å²) in [7, 11) is -0.628. The van der Waals surface area contributed by atoms with Gasteiger partial charge in [-0.05, 0) is 26.7 Å². The van der Waals surface area contributed by atoms with Crippen LogP contribution in [0.5, 0.6) is 0 Å². The number of nitrogens with one attached hydrogen (secondary N) is 2. The molecule has 21 heavy (non-hydrogen) atoms. The molecule has 5 nitrogen and oxygen atoms in total. The summed E-state index contributed by atoms with van der Waals surface area (Å²) in [5.74, 6) is 4.57. The minimum atomic E-state index is -0.628. The van der Waals surface area contributed by atoms with Gasteiger partial charge in [0.05, 0.1) is 0 Å². The van der Waals surface area contributed by atoms with Gasteiger partial charge in [0, 0.05) is 46.4 Å². The van der Waals surface area contributed by atoms with E-state index in [-0.39, 0.29) is 0 Å². The number of hydrogen-bond acceptors (Lipinski definition) is 5. The molecule has 1 aliphatic rings. The van der Waals surface area contributed by atoms with Crippen LogP contribution in [0.2, 0.25) is 0 Å². The summed E-state index contributed by atoms with van der Waals surface area (Å²) in [6.07, 6.45) is 1.90. The van der Waals surface area contributed by atoms with Gasteiger partial charge in [-0.3, -0.25) is 4.21 Å². The van der Waals surface area contributed by atoms with Crippen molar-refractivity contribution < 1.29 is 4.21 Å². The molecule has 1 saturated heterocycles. The summed E-state index contributed by atoms with van der Waals surface area (Å²) in [6, 6.07) is 0.366. The third-order valence-electron chi connectivity index (χ3n) is 3.75. The zero-order chi connectivity index (χ0) is 15.4. The van der Waals surface area contributed by atoms with Crippen molar-refractivity contribution in [3.63, 3.8) is 0 Å². The molecule has 0 saturated carbocycles. The molecule has 0 amide bonds. The second-order valence-corrected chi connectivity index (χ2v) is 7.55. The standard InChI is InChI=1S/C15H26N4OS/c1-5-16-14-11(4)15(19-13(18-14)10(2)3)17-12-6-8-21(20)9-7-12/h10,12H,5-9H2,1-4H3,(H2,16,17,18,19). The van der Waals surface area contributed by atoms with E-state index in [0.717, 1.165) is 53.9 Å². The molecule has 0 radical (unpaired) electrons. The zero-order valence-electron chi connectivity index (χ0n) is 13.4. The minimum Gasteiger partial charge on any atom is -0.370 e. The van der Waals surface area contributed by atoms with Crippen molar-refractivity contribution in [2.24, 2.45) is 0 Å². The predicted octanol–water partition coefficient (Wildman–Crippen LogP) is 2.66. The van der Waals surface area contributed by atoms with Gasteiger partial charge in [-0.2, -0.15) is 0 Å². The Kier molecular flexibility index (Phi) is 5.56. The van der Waals surface area contributed by atoms with E-state index in [0.29, 0.717) is 12.0 Å². The quantitative estimate of drug-likeness (QED) is 0.875. The molecule has 118 valence electrons. The first-order valence-corrected chi connectivity index (χ1v) is 9.24. The first kappa shape index (κ1) is 16.2. The topological polar surface area (TPSA) is 66.9 Å². The molecule has 0 aromatic carbocycles. The van der Waals surface area contributed by atoms with Crippen molar-refractivity contribution in [3.8, 4) is 0 Å². The lowest BCUT2D eigenvalue weighted by Crippen LogP contribution is -2.30. The van der Waals surface area contributed by atoms with Gasteiger partial charge in [0.2, 0.25) is 0 Å². The third-order valence-corrected chi connectivity index (χ3v) is 5.13. The molecule has 1 aromatic heterocycles. The highest BCUT2D eigenvalue weighted by Crippen LogP contribution is 2.25. The highest BCUT2D eigenvalue weighted by atomic mass is 32.2. The van der Waals surface area contributed by atoms with E-state index in [1.807, 2.05) is 6.92 Å². The van der Waals surface area contributed by atoms with Gasteiger partial charge < -0.3 is 10.6 Å². The highest BCUT2D eigenvalue weighted by Gasteiger charge is 2.20. The van der Waals surface area contributed by atoms with Crippen molar-refractivity contribution in [3.05, 3.63) is 11.4 Å². The van der Waals surface area contributed by atoms with E-state index in [4.69, 9.17) is 0 Å². The van der Waals surface area contributed by atoms with E-state index in [9.17, 15) is 4.21 Å². The van der Waals surface area contributed by atoms with Gasteiger partial charge in [-0.25, -0.2) is 9.97 Å². The molecule has 0 aliphatic carbocycles. The van der Waals surface area contributed by atoms with Crippen molar-refractivity contribution in [2.75, 3.05) is 28.7 Å². The van der Waals surface area contributed by atoms with Gasteiger partial charge in [-0.1, -0.05) is 13.8 Å². The fourth-order valence-corrected chi connectivity index (χ4v) is 3.70. The molecular formula is C15H26N4OS. The first-order valence-electron chi connectivity index (χ1n) is 7.75. The van der Waals surface area contributed by atoms with Crippen LogP contribution in [-0.2, 0) is 10.8 Å². The average molecular weight is 310 g/mol. The minimum absolute atomic E-state index is 0.294. The molecular weight excluding hydrogens is 284 g/mol. The molecule has 1 aromatic rings. The Morgan fingerprint density at radius 2 is 1.86 bits per heavy atom. The lowest BCUT2D eigenvalue weighted by molar-refractivity contribution is 0.621. The van der Waals surface area contributed by atoms with Crippen LogP contribution in [0.15, 0.2) is 0 Å². The number of rotatable bonds is 5. The smallest absolute Gasteiger partial charge is 0.135 e. The van der Waals surface area contributed by atoms with Crippen LogP contribution in [0, 0.1) is 6.92 Å². The van der Waals surface area contributed by atoms with Crippen LogP contribution in [0.3, 0.4) is 0 Å². The van der Waals surface area contributed by atoms with E-state index in [2.05, 4.69) is 41.4 Å². The van der Waals surface area contributed by atoms with Crippen LogP contribution in [0.1, 0.15) is 50.9 Å². The first-order chi connectivity index (χ1) is 10.0. The van der Waals surface area contributed by atoms with Gasteiger partial charge in [0.25, 0.3) is 0 Å². The fraction of sp³-hybridized carbons (Fsp3) is 0.733. The lowest BCUT2D eigenvalue weighted by Gasteiger charge is -2.25. The average Bonchev–Trinajstić information content (AvgIpc) is 2.45. The van der Waals surface area contributed by atoms with E-state index >= 15 is 0 Å². The molecule has 1 fully saturated rings. The SMILES string of the molecule is CCNc1nc(C(C)C)nc(NC2CCS(=O)CC2)c1C. The molecule has 0 unspecified atom stereocenters. The molecule has 6 heteroatoms. The van der Waals surface area contributed by atoms with Crippen LogP contribution in [0.25, 0.3) is 0 Å². The molecule has 0 atom stereocenters. The predicted molar refractivity (Wildman–Crippen MR) is 89.5 cm³/mol. The number of aromatic nitrogens is 2. The van der Waals surface area contributed by atoms with Crippen LogP contribution < -0.4 is 10.6 Å². The molecule has 1 aliphatic heterocycles. The van der Waals surface area contributed by atoms with Crippen molar-refractivity contribution >= 4 is 22.4 Å². The molecule has 0 bridgehead atoms. The summed E-state index contributed by atoms with van der Waals surface area (Å²) in [5, 5.41) is 6.85. The van der Waals surface area contributed by atoms with E-state index in [1.54, 1.807) is 0 Å². The molecule has 2 rings (SSSR count). The van der Waals surface area contributed by atoms with E-state index in [1.165, 1.54) is 0 Å². The van der Waals surface area contributed by atoms with Crippen molar-refractivity contribution in [2.45, 2.75) is 52.5 Å². The Bertz CT molecular complexity index is 509. The van der Waals surface area contributed by atoms with Gasteiger partial charge in [0.1, 0.15) is 17.5 Å². The second-order valence-electron chi connectivity index (χ2n) is 5.86. The summed E-state index contributed by atoms with van der Waals surface area (Å²) in [4.78, 5) is 9.31. The van der Waals surface area contributed by atoms with Crippen LogP contribution in [-0.4, -0.2) is 38.3 Å². The number of anilines is 2. The molecule has 2 heterocycles. The van der Waals surface area contributed by atoms with Crippen LogP contribution in [0.4, 0.5) is 11.6 Å². The van der Waals surface area contributed by atoms with Crippen molar-refractivity contribution in [1.29, 1.82) is 0 Å². The van der Waals surface area contributed by atoms with E-state index < -0.39 is 10.8 Å². The molecule has 0 spiro atoms. The maximum Gasteiger partial charge on any atom is 0.135 e. The maximum atomic E-state index is 11.5. The molecule has 2 N–H and O–H groups in total. The largest absolute Gasteiger partial charge is 0.370 e. The normalized spacial score (nSPS) is 22.3. The fourth-order valence-electron chi connectivity index (χ4n) is 2.40. The van der Waals surface area contributed by atoms with Crippen LogP contribution >= 0.6 is 0 Å². The summed E-state index contributed by atoms with van der Waals surface area (Å²) in [6.45, 7) is 9.17. The lowest BCUT2D eigenvalue weighted by atomic mass is 10.1. The van der Waals surface area contributed by atoms with Gasteiger partial charge in [0.15, 0.2) is 0 Å². The van der Waals surface area contributed by atoms with Gasteiger partial charge in [-0.15, -0.1) is 0 Å². The summed E-state index contributed by atoms with van der Waals surface area (Å²) < 4.78 is 11.5. The Labute approximate surface area is 129 Å². The third kappa shape index (κ3) is 4.15. The maximum absolute atomic E-state index is 11.5. The Balaban J connectivity index is 2.22. The monoisotopic (exact) mass is 310 g/mol. The summed E-state index contributed by atoms with van der Waals surface area (Å²) >= 11 is 0. The van der Waals surface area contributed by atoms with Crippen molar-refractivity contribution in [1.82, 2.24) is 9.97 Å². The zero-order valence-corrected chi connectivity index (χ0v) is 14.2. The number of nitrogens with zero attached hydrogens (tertiary/aromatic N) is 2. The van der Waals surface area contributed by atoms with Gasteiger partial charge >= 0.3 is 0 Å².